The van der Waals surface area contributed by atoms with Crippen molar-refractivity contribution in [3.63, 3.8) is 0 Å². The second kappa shape index (κ2) is 9.72. The number of amides is 1. The molecular weight excluding hydrogens is 402 g/mol. The number of carbonyl (C=O) groups is 1. The molecule has 3 aliphatic rings. The van der Waals surface area contributed by atoms with E-state index in [2.05, 4.69) is 40.5 Å². The number of carbonyl (C=O) groups excluding carboxylic acids is 1. The van der Waals surface area contributed by atoms with Crippen LogP contribution in [0.15, 0.2) is 42.5 Å². The molecule has 2 fully saturated rings. The van der Waals surface area contributed by atoms with Gasteiger partial charge in [0, 0.05) is 26.1 Å². The first-order valence-corrected chi connectivity index (χ1v) is 12.1. The number of hydrogen-bond donors (Lipinski definition) is 1. The number of nitrogens with one attached hydrogen (secondary N) is 1. The summed E-state index contributed by atoms with van der Waals surface area (Å²) in [5, 5.41) is 3.44. The Hall–Kier alpha value is -2.89. The van der Waals surface area contributed by atoms with Crippen LogP contribution in [0.25, 0.3) is 0 Å². The van der Waals surface area contributed by atoms with E-state index in [1.165, 1.54) is 24.9 Å². The molecule has 0 saturated carbocycles. The molecule has 2 aromatic rings. The van der Waals surface area contributed by atoms with Gasteiger partial charge >= 0.3 is 0 Å². The average molecular weight is 436 g/mol. The Morgan fingerprint density at radius 3 is 2.59 bits per heavy atom. The Kier molecular flexibility index (Phi) is 6.37. The largest absolute Gasteiger partial charge is 0.490 e. The minimum absolute atomic E-state index is 0.0961. The first-order chi connectivity index (χ1) is 15.8. The van der Waals surface area contributed by atoms with Crippen molar-refractivity contribution in [1.29, 1.82) is 0 Å². The molecule has 0 bridgehead atoms. The van der Waals surface area contributed by atoms with Crippen molar-refractivity contribution in [1.82, 2.24) is 4.90 Å². The number of fused-ring (bicyclic) bond motifs is 1. The summed E-state index contributed by atoms with van der Waals surface area (Å²) in [5.74, 6) is 1.75. The molecule has 2 aromatic carbocycles. The molecule has 0 aromatic heterocycles. The van der Waals surface area contributed by atoms with Crippen molar-refractivity contribution in [2.45, 2.75) is 44.6 Å². The molecule has 0 radical (unpaired) electrons. The van der Waals surface area contributed by atoms with Gasteiger partial charge in [0.15, 0.2) is 11.5 Å². The van der Waals surface area contributed by atoms with Crippen LogP contribution >= 0.6 is 0 Å². The molecule has 0 aliphatic carbocycles. The van der Waals surface area contributed by atoms with Gasteiger partial charge in [-0.25, -0.2) is 0 Å². The highest BCUT2D eigenvalue weighted by Gasteiger charge is 2.30. The maximum atomic E-state index is 13.2. The maximum absolute atomic E-state index is 13.2. The zero-order valence-electron chi connectivity index (χ0n) is 18.7. The van der Waals surface area contributed by atoms with Crippen LogP contribution in [0.2, 0.25) is 0 Å². The van der Waals surface area contributed by atoms with Crippen LogP contribution in [0, 0.1) is 0 Å². The van der Waals surface area contributed by atoms with E-state index in [1.807, 2.05) is 17.0 Å². The smallest absolute Gasteiger partial charge is 0.242 e. The average Bonchev–Trinajstić information content (AvgIpc) is 3.22. The van der Waals surface area contributed by atoms with Crippen LogP contribution < -0.4 is 19.7 Å². The van der Waals surface area contributed by atoms with Crippen LogP contribution in [0.3, 0.4) is 0 Å². The third-order valence-electron chi connectivity index (χ3n) is 6.76. The standard InChI is InChI=1S/C26H33N3O3/c30-26(19-27-21-8-2-3-9-23(21)28-13-4-1-5-14-28)29-15-6-10-22(29)20-11-12-24-25(18-20)32-17-7-16-31-24/h2-3,8-9,11-12,18,22,27H,1,4-7,10,13-17,19H2/t22-/m1/s1. The summed E-state index contributed by atoms with van der Waals surface area (Å²) in [5.41, 5.74) is 3.39. The van der Waals surface area contributed by atoms with Crippen LogP contribution in [0.4, 0.5) is 11.4 Å². The summed E-state index contributed by atoms with van der Waals surface area (Å²) >= 11 is 0. The van der Waals surface area contributed by atoms with E-state index in [1.54, 1.807) is 0 Å². The number of anilines is 2. The van der Waals surface area contributed by atoms with Gasteiger partial charge in [-0.3, -0.25) is 4.79 Å². The van der Waals surface area contributed by atoms with Gasteiger partial charge in [-0.1, -0.05) is 18.2 Å². The van der Waals surface area contributed by atoms with Crippen molar-refractivity contribution in [2.24, 2.45) is 0 Å². The summed E-state index contributed by atoms with van der Waals surface area (Å²) in [6.45, 7) is 4.64. The number of rotatable bonds is 5. The highest BCUT2D eigenvalue weighted by molar-refractivity contribution is 5.83. The van der Waals surface area contributed by atoms with Crippen molar-refractivity contribution in [2.75, 3.05) is 49.6 Å². The molecule has 0 unspecified atom stereocenters. The van der Waals surface area contributed by atoms with Gasteiger partial charge in [0.2, 0.25) is 5.91 Å². The normalized spacial score (nSPS) is 20.7. The number of likely N-dealkylation sites (tertiary alicyclic amines) is 1. The van der Waals surface area contributed by atoms with Crippen molar-refractivity contribution >= 4 is 17.3 Å². The fourth-order valence-electron chi connectivity index (χ4n) is 5.10. The van der Waals surface area contributed by atoms with E-state index in [0.29, 0.717) is 19.8 Å². The number of para-hydroxylation sites is 2. The molecule has 1 atom stereocenters. The molecule has 0 spiro atoms. The topological polar surface area (TPSA) is 54.0 Å². The van der Waals surface area contributed by atoms with Crippen molar-refractivity contribution in [3.8, 4) is 11.5 Å². The fraction of sp³-hybridized carbons (Fsp3) is 0.500. The molecule has 2 saturated heterocycles. The van der Waals surface area contributed by atoms with E-state index in [-0.39, 0.29) is 11.9 Å². The van der Waals surface area contributed by atoms with Gasteiger partial charge in [0.25, 0.3) is 0 Å². The molecule has 32 heavy (non-hydrogen) atoms. The van der Waals surface area contributed by atoms with Crippen molar-refractivity contribution in [3.05, 3.63) is 48.0 Å². The number of benzene rings is 2. The lowest BCUT2D eigenvalue weighted by atomic mass is 10.0. The van der Waals surface area contributed by atoms with E-state index in [9.17, 15) is 4.79 Å². The first-order valence-electron chi connectivity index (χ1n) is 12.1. The second-order valence-corrected chi connectivity index (χ2v) is 8.92. The Bertz CT molecular complexity index is 942. The van der Waals surface area contributed by atoms with E-state index in [4.69, 9.17) is 9.47 Å². The number of ether oxygens (including phenoxy) is 2. The van der Waals surface area contributed by atoms with Crippen LogP contribution in [-0.2, 0) is 4.79 Å². The highest BCUT2D eigenvalue weighted by atomic mass is 16.5. The highest BCUT2D eigenvalue weighted by Crippen LogP contribution is 2.38. The third kappa shape index (κ3) is 4.50. The Labute approximate surface area is 190 Å². The monoisotopic (exact) mass is 435 g/mol. The van der Waals surface area contributed by atoms with Crippen molar-refractivity contribution < 1.29 is 14.3 Å². The predicted molar refractivity (Wildman–Crippen MR) is 127 cm³/mol. The Morgan fingerprint density at radius 2 is 1.72 bits per heavy atom. The van der Waals surface area contributed by atoms with E-state index in [0.717, 1.165) is 61.6 Å². The number of nitrogens with zero attached hydrogens (tertiary/aromatic N) is 2. The zero-order chi connectivity index (χ0) is 21.8. The van der Waals surface area contributed by atoms with Crippen LogP contribution in [-0.4, -0.2) is 50.2 Å². The predicted octanol–water partition coefficient (Wildman–Crippen LogP) is 4.61. The summed E-state index contributed by atoms with van der Waals surface area (Å²) in [4.78, 5) is 17.7. The summed E-state index contributed by atoms with van der Waals surface area (Å²) in [6.07, 6.45) is 6.67. The molecule has 6 heteroatoms. The molecular formula is C26H33N3O3. The first kappa shape index (κ1) is 21.0. The molecule has 1 N–H and O–H groups in total. The SMILES string of the molecule is O=C(CNc1ccccc1N1CCCCC1)N1CCC[C@@H]1c1ccc2c(c1)OCCCO2. The quantitative estimate of drug-likeness (QED) is 0.743. The Morgan fingerprint density at radius 1 is 0.906 bits per heavy atom. The van der Waals surface area contributed by atoms with Crippen LogP contribution in [0.5, 0.6) is 11.5 Å². The van der Waals surface area contributed by atoms with Crippen LogP contribution in [0.1, 0.15) is 50.1 Å². The maximum Gasteiger partial charge on any atom is 0.242 e. The van der Waals surface area contributed by atoms with E-state index >= 15 is 0 Å². The zero-order valence-corrected chi connectivity index (χ0v) is 18.7. The second-order valence-electron chi connectivity index (χ2n) is 8.92. The van der Waals surface area contributed by atoms with Gasteiger partial charge < -0.3 is 24.6 Å². The minimum Gasteiger partial charge on any atom is -0.490 e. The van der Waals surface area contributed by atoms with Gasteiger partial charge in [-0.05, 0) is 61.9 Å². The fourth-order valence-corrected chi connectivity index (χ4v) is 5.10. The third-order valence-corrected chi connectivity index (χ3v) is 6.76. The molecule has 170 valence electrons. The Balaban J connectivity index is 1.27. The lowest BCUT2D eigenvalue weighted by Gasteiger charge is -2.31. The van der Waals surface area contributed by atoms with Gasteiger partial charge in [0.1, 0.15) is 0 Å². The lowest BCUT2D eigenvalue weighted by molar-refractivity contribution is -0.130. The molecule has 5 rings (SSSR count). The lowest BCUT2D eigenvalue weighted by Crippen LogP contribution is -2.35. The van der Waals surface area contributed by atoms with Gasteiger partial charge in [-0.15, -0.1) is 0 Å². The molecule has 3 aliphatic heterocycles. The number of piperidine rings is 1. The summed E-state index contributed by atoms with van der Waals surface area (Å²) in [6, 6.07) is 14.6. The molecule has 1 amide bonds. The summed E-state index contributed by atoms with van der Waals surface area (Å²) in [7, 11) is 0. The van der Waals surface area contributed by atoms with E-state index < -0.39 is 0 Å². The van der Waals surface area contributed by atoms with Gasteiger partial charge in [-0.2, -0.15) is 0 Å². The minimum atomic E-state index is 0.0961. The molecule has 6 nitrogen and oxygen atoms in total. The summed E-state index contributed by atoms with van der Waals surface area (Å²) < 4.78 is 11.6. The number of hydrogen-bond acceptors (Lipinski definition) is 5. The van der Waals surface area contributed by atoms with Gasteiger partial charge in [0.05, 0.1) is 37.2 Å². The molecule has 3 heterocycles.